The quantitative estimate of drug-likeness (QED) is 0.246. The minimum atomic E-state index is -2.69. The number of fused-ring (bicyclic) bond motifs is 3. The Morgan fingerprint density at radius 3 is 2.39 bits per heavy atom. The summed E-state index contributed by atoms with van der Waals surface area (Å²) in [6.45, 7) is 4.35. The monoisotopic (exact) mass is 761 g/mol. The first-order valence-electron chi connectivity index (χ1n) is 19.2. The molecule has 2 fully saturated rings. The first-order chi connectivity index (χ1) is 27.0. The number of carbonyl (C=O) groups is 5. The molecule has 4 aromatic rings. The number of halogens is 2. The van der Waals surface area contributed by atoms with Gasteiger partial charge in [-0.2, -0.15) is 5.10 Å². The van der Waals surface area contributed by atoms with Crippen LogP contribution in [0, 0.1) is 0 Å². The Morgan fingerprint density at radius 2 is 1.68 bits per heavy atom. The van der Waals surface area contributed by atoms with Crippen LogP contribution in [0.15, 0.2) is 54.9 Å². The fourth-order valence-corrected chi connectivity index (χ4v) is 9.32. The molecule has 5 amide bonds. The van der Waals surface area contributed by atoms with Crippen molar-refractivity contribution in [1.29, 1.82) is 0 Å². The van der Waals surface area contributed by atoms with E-state index in [1.807, 2.05) is 17.0 Å². The van der Waals surface area contributed by atoms with E-state index >= 15 is 0 Å². The largest absolute Gasteiger partial charge is 0.371 e. The molecule has 3 aromatic carbocycles. The molecule has 1 atom stereocenters. The highest BCUT2D eigenvalue weighted by atomic mass is 19.3. The fraction of sp³-hybridized carbons (Fsp3) is 0.381. The highest BCUT2D eigenvalue weighted by Gasteiger charge is 2.46. The number of benzene rings is 3. The molecule has 0 saturated carbocycles. The van der Waals surface area contributed by atoms with Gasteiger partial charge in [-0.15, -0.1) is 0 Å². The van der Waals surface area contributed by atoms with E-state index in [1.54, 1.807) is 49.2 Å². The lowest BCUT2D eigenvalue weighted by atomic mass is 9.86. The Balaban J connectivity index is 1.02. The number of aryl methyl sites for hydroxylation is 2. The van der Waals surface area contributed by atoms with Gasteiger partial charge >= 0.3 is 0 Å². The molecule has 0 aliphatic carbocycles. The van der Waals surface area contributed by atoms with Crippen LogP contribution in [0.3, 0.4) is 0 Å². The van der Waals surface area contributed by atoms with Crippen LogP contribution >= 0.6 is 0 Å². The first kappa shape index (κ1) is 35.8. The SMILES string of the molecule is CC(=O)N1Cc2cc(C3CCN(c4cccc5c4C(=O)N(C4CCC(=O)NC4=O)C5=O)CC3)cc(N3CCCc4cc(-c5cnn(C)c5)c(C(F)F)cc43)c2C1. The average molecular weight is 762 g/mol. The molecule has 14 heteroatoms. The molecule has 6 heterocycles. The highest BCUT2D eigenvalue weighted by Crippen LogP contribution is 2.46. The number of hydrogen-bond acceptors (Lipinski definition) is 8. The zero-order valence-electron chi connectivity index (χ0n) is 31.2. The van der Waals surface area contributed by atoms with Gasteiger partial charge in [-0.05, 0) is 90.6 Å². The lowest BCUT2D eigenvalue weighted by molar-refractivity contribution is -0.136. The minimum absolute atomic E-state index is 0.0262. The van der Waals surface area contributed by atoms with Crippen molar-refractivity contribution in [2.24, 2.45) is 7.05 Å². The van der Waals surface area contributed by atoms with E-state index in [0.717, 1.165) is 64.2 Å². The van der Waals surface area contributed by atoms with E-state index in [4.69, 9.17) is 0 Å². The van der Waals surface area contributed by atoms with Gasteiger partial charge in [0, 0.05) is 87.4 Å². The summed E-state index contributed by atoms with van der Waals surface area (Å²) in [4.78, 5) is 71.5. The van der Waals surface area contributed by atoms with Crippen molar-refractivity contribution in [3.05, 3.63) is 93.8 Å². The van der Waals surface area contributed by atoms with Gasteiger partial charge in [0.15, 0.2) is 0 Å². The summed E-state index contributed by atoms with van der Waals surface area (Å²) in [5.41, 5.74) is 8.18. The second-order valence-electron chi connectivity index (χ2n) is 15.5. The van der Waals surface area contributed by atoms with Gasteiger partial charge in [0.2, 0.25) is 17.7 Å². The molecule has 9 rings (SSSR count). The molecule has 1 aromatic heterocycles. The van der Waals surface area contributed by atoms with Crippen LogP contribution in [0.2, 0.25) is 0 Å². The van der Waals surface area contributed by atoms with Crippen LogP contribution in [-0.4, -0.2) is 74.8 Å². The summed E-state index contributed by atoms with van der Waals surface area (Å²) in [7, 11) is 1.77. The van der Waals surface area contributed by atoms with Gasteiger partial charge in [-0.3, -0.25) is 38.9 Å². The summed E-state index contributed by atoms with van der Waals surface area (Å²) >= 11 is 0. The zero-order valence-corrected chi connectivity index (χ0v) is 31.2. The summed E-state index contributed by atoms with van der Waals surface area (Å²) in [5, 5.41) is 6.48. The van der Waals surface area contributed by atoms with E-state index in [2.05, 4.69) is 32.3 Å². The zero-order chi connectivity index (χ0) is 39.0. The molecule has 1 N–H and O–H groups in total. The number of rotatable bonds is 6. The number of imide groups is 2. The molecule has 12 nitrogen and oxygen atoms in total. The number of amides is 5. The third-order valence-electron chi connectivity index (χ3n) is 12.2. The predicted octanol–water partition coefficient (Wildman–Crippen LogP) is 5.76. The number of nitrogens with zero attached hydrogens (tertiary/aromatic N) is 6. The lowest BCUT2D eigenvalue weighted by Gasteiger charge is -2.37. The summed E-state index contributed by atoms with van der Waals surface area (Å²) in [5.74, 6) is -2.01. The molecule has 56 heavy (non-hydrogen) atoms. The smallest absolute Gasteiger partial charge is 0.264 e. The van der Waals surface area contributed by atoms with Gasteiger partial charge < -0.3 is 14.7 Å². The van der Waals surface area contributed by atoms with E-state index in [0.29, 0.717) is 49.5 Å². The molecule has 2 saturated heterocycles. The first-order valence-corrected chi connectivity index (χ1v) is 19.2. The van der Waals surface area contributed by atoms with E-state index in [1.165, 1.54) is 0 Å². The maximum absolute atomic E-state index is 14.7. The van der Waals surface area contributed by atoms with Crippen molar-refractivity contribution in [3.8, 4) is 11.1 Å². The van der Waals surface area contributed by atoms with Crippen LogP contribution in [0.5, 0.6) is 0 Å². The second-order valence-corrected chi connectivity index (χ2v) is 15.5. The van der Waals surface area contributed by atoms with Crippen molar-refractivity contribution < 1.29 is 32.8 Å². The van der Waals surface area contributed by atoms with Gasteiger partial charge in [0.25, 0.3) is 18.2 Å². The van der Waals surface area contributed by atoms with Crippen molar-refractivity contribution in [1.82, 2.24) is 24.9 Å². The summed E-state index contributed by atoms with van der Waals surface area (Å²) < 4.78 is 31.1. The third kappa shape index (κ3) is 5.93. The standard InChI is InChI=1S/C42H41F2N7O5/c1-23(52)49-21-27-15-26(17-36(32(27)22-49)50-12-4-5-25-16-30(28-19-45-47(2)20-28)31(39(43)44)18-35(25)50)24-10-13-48(14-11-24)33-7-3-6-29-38(33)42(56)51(41(29)55)34-8-9-37(53)46-40(34)54/h3,6-7,15-20,24,34,39H,4-5,8-14,21-22H2,1-2H3,(H,46,53,54). The number of alkyl halides is 2. The maximum Gasteiger partial charge on any atom is 0.264 e. The third-order valence-corrected chi connectivity index (χ3v) is 12.2. The number of aromatic nitrogens is 2. The van der Waals surface area contributed by atoms with Crippen LogP contribution in [-0.2, 0) is 40.9 Å². The Hall–Kier alpha value is -5.92. The molecule has 288 valence electrons. The van der Waals surface area contributed by atoms with Crippen molar-refractivity contribution in [2.75, 3.05) is 29.4 Å². The van der Waals surface area contributed by atoms with E-state index in [9.17, 15) is 32.8 Å². The molecule has 0 spiro atoms. The van der Waals surface area contributed by atoms with E-state index in [-0.39, 0.29) is 41.4 Å². The van der Waals surface area contributed by atoms with Gasteiger partial charge in [-0.25, -0.2) is 8.78 Å². The Labute approximate surface area is 322 Å². The molecule has 0 bridgehead atoms. The maximum atomic E-state index is 14.7. The summed E-state index contributed by atoms with van der Waals surface area (Å²) in [6.07, 6.45) is 3.92. The number of anilines is 3. The number of piperidine rings is 2. The Kier molecular flexibility index (Phi) is 8.73. The predicted molar refractivity (Wildman–Crippen MR) is 203 cm³/mol. The van der Waals surface area contributed by atoms with Crippen LogP contribution in [0.1, 0.15) is 99.9 Å². The topological polar surface area (TPSA) is 128 Å². The van der Waals surface area contributed by atoms with E-state index < -0.39 is 36.1 Å². The normalized spacial score (nSPS) is 19.8. The molecule has 1 unspecified atom stereocenters. The van der Waals surface area contributed by atoms with Crippen LogP contribution in [0.4, 0.5) is 25.8 Å². The highest BCUT2D eigenvalue weighted by molar-refractivity contribution is 6.25. The Bertz CT molecular complexity index is 2350. The van der Waals surface area contributed by atoms with Gasteiger partial charge in [0.05, 0.1) is 23.0 Å². The van der Waals surface area contributed by atoms with Crippen LogP contribution in [0.25, 0.3) is 11.1 Å². The number of carbonyl (C=O) groups excluding carboxylic acids is 5. The molecular formula is C42H41F2N7O5. The van der Waals surface area contributed by atoms with Gasteiger partial charge in [-0.1, -0.05) is 12.1 Å². The molecule has 5 aliphatic rings. The number of nitrogens with one attached hydrogen (secondary N) is 1. The average Bonchev–Trinajstić information content (AvgIpc) is 3.90. The van der Waals surface area contributed by atoms with Crippen LogP contribution < -0.4 is 15.1 Å². The van der Waals surface area contributed by atoms with Crippen molar-refractivity contribution >= 4 is 46.6 Å². The molecule has 0 radical (unpaired) electrons. The van der Waals surface area contributed by atoms with Crippen molar-refractivity contribution in [2.45, 2.75) is 76.9 Å². The Morgan fingerprint density at radius 1 is 0.875 bits per heavy atom. The second kappa shape index (κ2) is 13.7. The molecular weight excluding hydrogens is 721 g/mol. The van der Waals surface area contributed by atoms with Crippen molar-refractivity contribution in [3.63, 3.8) is 0 Å². The molecule has 5 aliphatic heterocycles. The van der Waals surface area contributed by atoms with Gasteiger partial charge in [0.1, 0.15) is 6.04 Å². The fourth-order valence-electron chi connectivity index (χ4n) is 9.32. The number of hydrogen-bond donors (Lipinski definition) is 1. The lowest BCUT2D eigenvalue weighted by Crippen LogP contribution is -2.54. The minimum Gasteiger partial charge on any atom is -0.371 e. The summed E-state index contributed by atoms with van der Waals surface area (Å²) in [6, 6.07) is 12.1.